The minimum absolute atomic E-state index is 1.15. The number of aromatic nitrogens is 1. The first-order valence-electron chi connectivity index (χ1n) is 5.43. The Hall–Kier alpha value is -0.510. The second-order valence-electron chi connectivity index (χ2n) is 3.92. The van der Waals surface area contributed by atoms with E-state index in [0.29, 0.717) is 0 Å². The number of aryl methyl sites for hydroxylation is 2. The molecule has 0 spiro atoms. The van der Waals surface area contributed by atoms with Gasteiger partial charge in [0.2, 0.25) is 0 Å². The monoisotopic (exact) mass is 313 g/mol. The maximum atomic E-state index is 2.44. The summed E-state index contributed by atoms with van der Waals surface area (Å²) < 4.78 is 3.65. The van der Waals surface area contributed by atoms with Crippen molar-refractivity contribution in [2.45, 2.75) is 26.3 Å². The fourth-order valence-corrected chi connectivity index (χ4v) is 2.53. The topological polar surface area (TPSA) is 4.93 Å². The Morgan fingerprint density at radius 1 is 1.20 bits per heavy atom. The van der Waals surface area contributed by atoms with E-state index in [1.165, 1.54) is 33.7 Å². The van der Waals surface area contributed by atoms with E-state index in [9.17, 15) is 0 Å². The molecule has 0 aliphatic rings. The molecule has 0 aliphatic heterocycles. The van der Waals surface area contributed by atoms with Gasteiger partial charge < -0.3 is 4.57 Å². The molecule has 0 bridgehead atoms. The molecule has 0 saturated carbocycles. The Morgan fingerprint density at radius 3 is 2.80 bits per heavy atom. The van der Waals surface area contributed by atoms with Crippen LogP contribution >= 0.6 is 22.6 Å². The van der Waals surface area contributed by atoms with Crippen LogP contribution in [0.15, 0.2) is 30.5 Å². The Kier molecular flexibility index (Phi) is 3.67. The van der Waals surface area contributed by atoms with Crippen molar-refractivity contribution in [1.29, 1.82) is 0 Å². The van der Waals surface area contributed by atoms with Gasteiger partial charge in [0, 0.05) is 23.6 Å². The number of benzene rings is 1. The first kappa shape index (κ1) is 11.0. The normalized spacial score (nSPS) is 11.1. The summed E-state index contributed by atoms with van der Waals surface area (Å²) in [5.41, 5.74) is 2.77. The molecule has 1 nitrogen and oxygen atoms in total. The second-order valence-corrected chi connectivity index (χ2v) is 5.00. The summed E-state index contributed by atoms with van der Waals surface area (Å²) in [6.07, 6.45) is 4.87. The van der Waals surface area contributed by atoms with Gasteiger partial charge in [-0.2, -0.15) is 0 Å². The van der Waals surface area contributed by atoms with Crippen LogP contribution in [-0.4, -0.2) is 8.99 Å². The molecule has 1 heterocycles. The van der Waals surface area contributed by atoms with Crippen LogP contribution in [0.5, 0.6) is 0 Å². The largest absolute Gasteiger partial charge is 0.347 e. The second kappa shape index (κ2) is 5.01. The summed E-state index contributed by atoms with van der Waals surface area (Å²) in [6, 6.07) is 8.66. The van der Waals surface area contributed by atoms with Crippen molar-refractivity contribution in [3.63, 3.8) is 0 Å². The summed E-state index contributed by atoms with van der Waals surface area (Å²) in [5, 5.41) is 1.40. The molecule has 0 aliphatic carbocycles. The summed E-state index contributed by atoms with van der Waals surface area (Å²) >= 11 is 2.44. The number of nitrogens with zero attached hydrogens (tertiary/aromatic N) is 1. The van der Waals surface area contributed by atoms with Crippen LogP contribution in [-0.2, 0) is 6.54 Å². The van der Waals surface area contributed by atoms with Gasteiger partial charge in [0.15, 0.2) is 0 Å². The molecular formula is C13H16IN. The maximum Gasteiger partial charge on any atom is 0.0483 e. The van der Waals surface area contributed by atoms with Crippen LogP contribution in [0.2, 0.25) is 0 Å². The van der Waals surface area contributed by atoms with Crippen LogP contribution in [0.3, 0.4) is 0 Å². The molecule has 0 saturated heterocycles. The molecule has 80 valence electrons. The first-order chi connectivity index (χ1) is 7.33. The van der Waals surface area contributed by atoms with Crippen molar-refractivity contribution < 1.29 is 0 Å². The fraction of sp³-hybridized carbons (Fsp3) is 0.385. The van der Waals surface area contributed by atoms with Gasteiger partial charge in [-0.05, 0) is 35.8 Å². The van der Waals surface area contributed by atoms with Gasteiger partial charge in [-0.3, -0.25) is 0 Å². The molecular weight excluding hydrogens is 297 g/mol. The summed E-state index contributed by atoms with van der Waals surface area (Å²) in [5.74, 6) is 0. The minimum Gasteiger partial charge on any atom is -0.347 e. The number of alkyl halides is 1. The van der Waals surface area contributed by atoms with E-state index in [-0.39, 0.29) is 0 Å². The zero-order valence-corrected chi connectivity index (χ0v) is 11.2. The lowest BCUT2D eigenvalue weighted by Crippen LogP contribution is -1.95. The molecule has 2 aromatic rings. The number of hydrogen-bond acceptors (Lipinski definition) is 0. The SMILES string of the molecule is Cc1cn(CCCCI)c2ccccc12. The van der Waals surface area contributed by atoms with E-state index in [2.05, 4.69) is 64.5 Å². The highest BCUT2D eigenvalue weighted by atomic mass is 127. The number of para-hydroxylation sites is 1. The van der Waals surface area contributed by atoms with E-state index in [1.807, 2.05) is 0 Å². The molecule has 1 aromatic heterocycles. The van der Waals surface area contributed by atoms with Crippen molar-refractivity contribution in [2.75, 3.05) is 4.43 Å². The van der Waals surface area contributed by atoms with E-state index in [0.717, 1.165) is 6.54 Å². The molecule has 0 atom stereocenters. The molecule has 0 fully saturated rings. The number of halogens is 1. The summed E-state index contributed by atoms with van der Waals surface area (Å²) in [7, 11) is 0. The average Bonchev–Trinajstić information content (AvgIpc) is 2.58. The lowest BCUT2D eigenvalue weighted by molar-refractivity contribution is 0.655. The summed E-state index contributed by atoms with van der Waals surface area (Å²) in [4.78, 5) is 0. The number of fused-ring (bicyclic) bond motifs is 1. The van der Waals surface area contributed by atoms with Gasteiger partial charge in [0.25, 0.3) is 0 Å². The molecule has 15 heavy (non-hydrogen) atoms. The minimum atomic E-state index is 1.15. The predicted octanol–water partition coefficient (Wildman–Crippen LogP) is 4.16. The Morgan fingerprint density at radius 2 is 2.00 bits per heavy atom. The van der Waals surface area contributed by atoms with Gasteiger partial charge in [-0.1, -0.05) is 40.8 Å². The van der Waals surface area contributed by atoms with Crippen molar-refractivity contribution in [1.82, 2.24) is 4.57 Å². The molecule has 0 N–H and O–H groups in total. The summed E-state index contributed by atoms with van der Waals surface area (Å²) in [6.45, 7) is 3.34. The Balaban J connectivity index is 2.27. The highest BCUT2D eigenvalue weighted by Gasteiger charge is 2.03. The molecule has 0 radical (unpaired) electrons. The third-order valence-electron chi connectivity index (χ3n) is 2.77. The van der Waals surface area contributed by atoms with Crippen molar-refractivity contribution in [3.8, 4) is 0 Å². The quantitative estimate of drug-likeness (QED) is 0.454. The van der Waals surface area contributed by atoms with Gasteiger partial charge >= 0.3 is 0 Å². The standard InChI is InChI=1S/C13H16IN/c1-11-10-15(9-5-4-8-14)13-7-3-2-6-12(11)13/h2-3,6-7,10H,4-5,8-9H2,1H3. The van der Waals surface area contributed by atoms with Crippen LogP contribution in [0.1, 0.15) is 18.4 Å². The van der Waals surface area contributed by atoms with Gasteiger partial charge in [-0.15, -0.1) is 0 Å². The van der Waals surface area contributed by atoms with Crippen LogP contribution in [0, 0.1) is 6.92 Å². The molecule has 2 heteroatoms. The van der Waals surface area contributed by atoms with Crippen LogP contribution < -0.4 is 0 Å². The van der Waals surface area contributed by atoms with E-state index >= 15 is 0 Å². The third-order valence-corrected chi connectivity index (χ3v) is 3.53. The zero-order chi connectivity index (χ0) is 10.7. The van der Waals surface area contributed by atoms with Gasteiger partial charge in [0.05, 0.1) is 0 Å². The molecule has 2 rings (SSSR count). The maximum absolute atomic E-state index is 2.44. The van der Waals surface area contributed by atoms with Crippen molar-refractivity contribution >= 4 is 33.5 Å². The zero-order valence-electron chi connectivity index (χ0n) is 9.04. The number of rotatable bonds is 4. The molecule has 1 aromatic carbocycles. The van der Waals surface area contributed by atoms with E-state index < -0.39 is 0 Å². The van der Waals surface area contributed by atoms with Gasteiger partial charge in [-0.25, -0.2) is 0 Å². The highest BCUT2D eigenvalue weighted by Crippen LogP contribution is 2.20. The van der Waals surface area contributed by atoms with E-state index in [4.69, 9.17) is 0 Å². The Labute approximate surface area is 105 Å². The van der Waals surface area contributed by atoms with Gasteiger partial charge in [0.1, 0.15) is 0 Å². The number of unbranched alkanes of at least 4 members (excludes halogenated alkanes) is 1. The van der Waals surface area contributed by atoms with Crippen molar-refractivity contribution in [2.24, 2.45) is 0 Å². The number of hydrogen-bond donors (Lipinski definition) is 0. The molecule has 0 amide bonds. The van der Waals surface area contributed by atoms with E-state index in [1.54, 1.807) is 0 Å². The predicted molar refractivity (Wildman–Crippen MR) is 74.8 cm³/mol. The van der Waals surface area contributed by atoms with Crippen LogP contribution in [0.4, 0.5) is 0 Å². The third kappa shape index (κ3) is 2.36. The average molecular weight is 313 g/mol. The lowest BCUT2D eigenvalue weighted by atomic mass is 10.2. The highest BCUT2D eigenvalue weighted by molar-refractivity contribution is 14.1. The van der Waals surface area contributed by atoms with Crippen LogP contribution in [0.25, 0.3) is 10.9 Å². The Bertz CT molecular complexity index is 445. The smallest absolute Gasteiger partial charge is 0.0483 e. The first-order valence-corrected chi connectivity index (χ1v) is 6.96. The lowest BCUT2D eigenvalue weighted by Gasteiger charge is -2.03. The fourth-order valence-electron chi connectivity index (χ4n) is 1.99. The molecule has 0 unspecified atom stereocenters. The van der Waals surface area contributed by atoms with Crippen molar-refractivity contribution in [3.05, 3.63) is 36.0 Å².